The van der Waals surface area contributed by atoms with Gasteiger partial charge in [-0.3, -0.25) is 14.9 Å². The van der Waals surface area contributed by atoms with Crippen molar-refractivity contribution in [1.29, 1.82) is 0 Å². The van der Waals surface area contributed by atoms with Gasteiger partial charge in [0.15, 0.2) is 0 Å². The van der Waals surface area contributed by atoms with Crippen LogP contribution in [-0.2, 0) is 9.59 Å². The molecule has 2 amide bonds. The molecular formula is C19H26N4O3S. The molecule has 0 bridgehead atoms. The molecule has 146 valence electrons. The molecule has 0 aliphatic heterocycles. The first-order valence-corrected chi connectivity index (χ1v) is 9.76. The molecule has 1 aromatic carbocycles. The third kappa shape index (κ3) is 5.50. The second-order valence-corrected chi connectivity index (χ2v) is 7.65. The Morgan fingerprint density at radius 1 is 1.19 bits per heavy atom. The average molecular weight is 391 g/mol. The number of amides is 2. The lowest BCUT2D eigenvalue weighted by atomic mass is 10.0. The maximum absolute atomic E-state index is 12.6. The van der Waals surface area contributed by atoms with Gasteiger partial charge in [-0.25, -0.2) is 0 Å². The van der Waals surface area contributed by atoms with Crippen molar-refractivity contribution in [3.05, 3.63) is 24.3 Å². The van der Waals surface area contributed by atoms with Crippen LogP contribution in [0.25, 0.3) is 10.6 Å². The quantitative estimate of drug-likeness (QED) is 0.721. The van der Waals surface area contributed by atoms with E-state index in [4.69, 9.17) is 4.74 Å². The molecule has 2 rings (SSSR count). The molecule has 0 radical (unpaired) electrons. The van der Waals surface area contributed by atoms with Gasteiger partial charge in [0.1, 0.15) is 16.8 Å². The van der Waals surface area contributed by atoms with Crippen LogP contribution in [0.2, 0.25) is 0 Å². The molecule has 0 unspecified atom stereocenters. The van der Waals surface area contributed by atoms with Crippen molar-refractivity contribution in [2.45, 2.75) is 40.2 Å². The zero-order chi connectivity index (χ0) is 20.0. The van der Waals surface area contributed by atoms with Gasteiger partial charge in [-0.15, -0.1) is 10.2 Å². The summed E-state index contributed by atoms with van der Waals surface area (Å²) < 4.78 is 5.22. The Bertz CT molecular complexity index is 791. The number of nitrogens with one attached hydrogen (secondary N) is 2. The normalized spacial score (nSPS) is 13.1. The summed E-state index contributed by atoms with van der Waals surface area (Å²) in [5.41, 5.74) is 0.859. The van der Waals surface area contributed by atoms with Gasteiger partial charge >= 0.3 is 0 Å². The minimum atomic E-state index is -0.629. The summed E-state index contributed by atoms with van der Waals surface area (Å²) in [6.45, 7) is 7.57. The lowest BCUT2D eigenvalue weighted by Gasteiger charge is -2.22. The smallest absolute Gasteiger partial charge is 0.249 e. The van der Waals surface area contributed by atoms with E-state index in [1.165, 1.54) is 11.3 Å². The zero-order valence-electron chi connectivity index (χ0n) is 16.3. The van der Waals surface area contributed by atoms with E-state index in [0.717, 1.165) is 17.7 Å². The number of methoxy groups -OCH3 is 1. The van der Waals surface area contributed by atoms with Crippen molar-refractivity contribution in [1.82, 2.24) is 15.5 Å². The van der Waals surface area contributed by atoms with E-state index >= 15 is 0 Å². The van der Waals surface area contributed by atoms with Crippen LogP contribution in [0.1, 0.15) is 34.1 Å². The van der Waals surface area contributed by atoms with Gasteiger partial charge in [0.05, 0.1) is 7.11 Å². The van der Waals surface area contributed by atoms with Crippen LogP contribution in [0.3, 0.4) is 0 Å². The molecule has 2 atom stereocenters. The van der Waals surface area contributed by atoms with Crippen LogP contribution in [0, 0.1) is 11.8 Å². The molecular weight excluding hydrogens is 364 g/mol. The third-order valence-electron chi connectivity index (χ3n) is 4.28. The van der Waals surface area contributed by atoms with E-state index < -0.39 is 6.04 Å². The van der Waals surface area contributed by atoms with Crippen molar-refractivity contribution in [2.75, 3.05) is 12.4 Å². The third-order valence-corrected chi connectivity index (χ3v) is 5.17. The van der Waals surface area contributed by atoms with Crippen molar-refractivity contribution < 1.29 is 14.3 Å². The van der Waals surface area contributed by atoms with E-state index in [1.54, 1.807) is 7.11 Å². The van der Waals surface area contributed by atoms with E-state index in [9.17, 15) is 9.59 Å². The fourth-order valence-corrected chi connectivity index (χ4v) is 3.09. The first-order chi connectivity index (χ1) is 12.8. The summed E-state index contributed by atoms with van der Waals surface area (Å²) in [7, 11) is 1.60. The molecule has 0 spiro atoms. The van der Waals surface area contributed by atoms with E-state index in [-0.39, 0.29) is 23.7 Å². The number of nitrogens with zero attached hydrogens (tertiary/aromatic N) is 2. The van der Waals surface area contributed by atoms with Gasteiger partial charge in [-0.1, -0.05) is 51.2 Å². The lowest BCUT2D eigenvalue weighted by molar-refractivity contribution is -0.129. The summed E-state index contributed by atoms with van der Waals surface area (Å²) >= 11 is 1.27. The Labute approximate surface area is 163 Å². The van der Waals surface area contributed by atoms with Crippen LogP contribution in [-0.4, -0.2) is 35.2 Å². The Morgan fingerprint density at radius 3 is 2.56 bits per heavy atom. The molecule has 0 saturated carbocycles. The fourth-order valence-electron chi connectivity index (χ4n) is 2.35. The zero-order valence-corrected chi connectivity index (χ0v) is 17.1. The molecule has 2 N–H and O–H groups in total. The second kappa shape index (κ2) is 9.45. The largest absolute Gasteiger partial charge is 0.497 e. The van der Waals surface area contributed by atoms with Crippen molar-refractivity contribution in [3.8, 4) is 16.3 Å². The topological polar surface area (TPSA) is 93.2 Å². The van der Waals surface area contributed by atoms with E-state index in [1.807, 2.05) is 52.0 Å². The van der Waals surface area contributed by atoms with Gasteiger partial charge in [-0.2, -0.15) is 0 Å². The monoisotopic (exact) mass is 390 g/mol. The van der Waals surface area contributed by atoms with Gasteiger partial charge in [0.2, 0.25) is 16.9 Å². The molecule has 8 heteroatoms. The first kappa shape index (κ1) is 20.8. The molecule has 0 saturated heterocycles. The molecule has 2 aromatic rings. The average Bonchev–Trinajstić information content (AvgIpc) is 3.13. The molecule has 0 aliphatic rings. The predicted octanol–water partition coefficient (Wildman–Crippen LogP) is 3.34. The summed E-state index contributed by atoms with van der Waals surface area (Å²) in [4.78, 5) is 24.8. The van der Waals surface area contributed by atoms with Crippen molar-refractivity contribution in [3.63, 3.8) is 0 Å². The summed E-state index contributed by atoms with van der Waals surface area (Å²) in [6, 6.07) is 6.84. The second-order valence-electron chi connectivity index (χ2n) is 6.67. The molecule has 27 heavy (non-hydrogen) atoms. The van der Waals surface area contributed by atoms with Gasteiger partial charge in [0.25, 0.3) is 0 Å². The number of hydrogen-bond donors (Lipinski definition) is 2. The highest BCUT2D eigenvalue weighted by atomic mass is 32.1. The number of carbonyl (C=O) groups is 2. The highest BCUT2D eigenvalue weighted by Gasteiger charge is 2.26. The van der Waals surface area contributed by atoms with Gasteiger partial charge in [-0.05, 0) is 24.5 Å². The minimum Gasteiger partial charge on any atom is -0.497 e. The van der Waals surface area contributed by atoms with E-state index in [2.05, 4.69) is 20.8 Å². The Hall–Kier alpha value is -2.48. The number of benzene rings is 1. The fraction of sp³-hybridized carbons (Fsp3) is 0.474. The predicted molar refractivity (Wildman–Crippen MR) is 107 cm³/mol. The number of aromatic nitrogens is 2. The van der Waals surface area contributed by atoms with Crippen molar-refractivity contribution >= 4 is 28.3 Å². The molecule has 1 heterocycles. The molecule has 0 fully saturated rings. The number of ether oxygens (including phenoxy) is 1. The summed E-state index contributed by atoms with van der Waals surface area (Å²) in [5, 5.41) is 14.8. The molecule has 1 aromatic heterocycles. The highest BCUT2D eigenvalue weighted by Crippen LogP contribution is 2.28. The number of carbonyl (C=O) groups excluding carboxylic acids is 2. The Balaban J connectivity index is 2.09. The molecule has 7 nitrogen and oxygen atoms in total. The highest BCUT2D eigenvalue weighted by molar-refractivity contribution is 7.18. The lowest BCUT2D eigenvalue weighted by Crippen LogP contribution is -2.48. The van der Waals surface area contributed by atoms with Crippen LogP contribution in [0.15, 0.2) is 24.3 Å². The number of anilines is 1. The standard InChI is InChI=1S/C19H26N4O3S/c1-6-12(4)16(24)20-15(11(2)3)17(25)21-19-23-22-18(27-19)13-8-7-9-14(10-13)26-5/h7-12,15H,6H2,1-5H3,(H,20,24)(H,21,23,25)/t12-,15-/m0/s1. The number of rotatable bonds is 8. The Kier molecular flexibility index (Phi) is 7.29. The molecule has 0 aliphatic carbocycles. The maximum Gasteiger partial charge on any atom is 0.249 e. The maximum atomic E-state index is 12.6. The van der Waals surface area contributed by atoms with E-state index in [0.29, 0.717) is 10.1 Å². The van der Waals surface area contributed by atoms with Gasteiger partial charge < -0.3 is 10.1 Å². The summed E-state index contributed by atoms with van der Waals surface area (Å²) in [5.74, 6) is 0.112. The van der Waals surface area contributed by atoms with Crippen molar-refractivity contribution in [2.24, 2.45) is 11.8 Å². The van der Waals surface area contributed by atoms with Crippen LogP contribution in [0.5, 0.6) is 5.75 Å². The first-order valence-electron chi connectivity index (χ1n) is 8.94. The van der Waals surface area contributed by atoms with Crippen LogP contribution in [0.4, 0.5) is 5.13 Å². The van der Waals surface area contributed by atoms with Crippen LogP contribution < -0.4 is 15.4 Å². The summed E-state index contributed by atoms with van der Waals surface area (Å²) in [6.07, 6.45) is 0.721. The van der Waals surface area contributed by atoms with Crippen LogP contribution >= 0.6 is 11.3 Å². The van der Waals surface area contributed by atoms with Gasteiger partial charge in [0, 0.05) is 11.5 Å². The minimum absolute atomic E-state index is 0.0521. The SMILES string of the molecule is CC[C@H](C)C(=O)N[C@H](C(=O)Nc1nnc(-c2cccc(OC)c2)s1)C(C)C. The number of hydrogen-bond acceptors (Lipinski definition) is 6. The Morgan fingerprint density at radius 2 is 1.93 bits per heavy atom.